The summed E-state index contributed by atoms with van der Waals surface area (Å²) in [7, 11) is 9.20. The first-order valence-corrected chi connectivity index (χ1v) is 11.7. The molecule has 0 aliphatic heterocycles. The largest absolute Gasteiger partial charge is 0.493 e. The molecule has 1 saturated carbocycles. The van der Waals surface area contributed by atoms with Crippen LogP contribution in [0.4, 0.5) is 5.13 Å². The van der Waals surface area contributed by atoms with E-state index in [9.17, 15) is 0 Å². The zero-order valence-electron chi connectivity index (χ0n) is 19.7. The standard InChI is InChI=1S/C23H35N5O2S.HI/c1-24-21(25-14-18-15-31-22(27-18)28(2)3)26-16-23(11-7-6-8-12-23)17-9-10-19(29-4)20(13-17)30-5;/h9-10,13,15H,6-8,11-12,14,16H2,1-5H3,(H2,24,25,26);1H. The molecule has 1 heterocycles. The van der Waals surface area contributed by atoms with Crippen LogP contribution in [0.3, 0.4) is 0 Å². The van der Waals surface area contributed by atoms with Crippen LogP contribution in [0.2, 0.25) is 0 Å². The quantitative estimate of drug-likeness (QED) is 0.277. The van der Waals surface area contributed by atoms with Crippen molar-refractivity contribution in [2.45, 2.75) is 44.1 Å². The van der Waals surface area contributed by atoms with E-state index in [1.54, 1.807) is 25.6 Å². The van der Waals surface area contributed by atoms with Gasteiger partial charge in [-0.3, -0.25) is 4.99 Å². The van der Waals surface area contributed by atoms with Crippen molar-refractivity contribution < 1.29 is 9.47 Å². The van der Waals surface area contributed by atoms with Crippen LogP contribution >= 0.6 is 35.3 Å². The van der Waals surface area contributed by atoms with Gasteiger partial charge in [0.2, 0.25) is 0 Å². The number of aromatic nitrogens is 1. The fraction of sp³-hybridized carbons (Fsp3) is 0.565. The minimum absolute atomic E-state index is 0. The highest BCUT2D eigenvalue weighted by Crippen LogP contribution is 2.42. The lowest BCUT2D eigenvalue weighted by Crippen LogP contribution is -2.46. The summed E-state index contributed by atoms with van der Waals surface area (Å²) in [5.74, 6) is 2.35. The summed E-state index contributed by atoms with van der Waals surface area (Å²) >= 11 is 1.65. The van der Waals surface area contributed by atoms with E-state index in [1.165, 1.54) is 24.8 Å². The summed E-state index contributed by atoms with van der Waals surface area (Å²) in [4.78, 5) is 11.1. The van der Waals surface area contributed by atoms with Gasteiger partial charge in [0.05, 0.1) is 26.5 Å². The third-order valence-corrected chi connectivity index (χ3v) is 7.04. The van der Waals surface area contributed by atoms with Crippen LogP contribution in [0.5, 0.6) is 11.5 Å². The molecule has 1 aliphatic rings. The number of rotatable bonds is 8. The molecule has 2 aromatic rings. The number of methoxy groups -OCH3 is 2. The molecular weight excluding hydrogens is 537 g/mol. The molecule has 1 fully saturated rings. The van der Waals surface area contributed by atoms with Gasteiger partial charge in [0.1, 0.15) is 0 Å². The number of nitrogens with one attached hydrogen (secondary N) is 2. The van der Waals surface area contributed by atoms with Gasteiger partial charge in [0.25, 0.3) is 0 Å². The Hall–Kier alpha value is -1.75. The van der Waals surface area contributed by atoms with Crippen LogP contribution in [0.25, 0.3) is 0 Å². The molecule has 0 amide bonds. The number of hydrogen-bond acceptors (Lipinski definition) is 6. The lowest BCUT2D eigenvalue weighted by atomic mass is 9.69. The summed E-state index contributed by atoms with van der Waals surface area (Å²) in [6, 6.07) is 6.34. The molecule has 1 aromatic heterocycles. The topological polar surface area (TPSA) is 71.0 Å². The lowest BCUT2D eigenvalue weighted by Gasteiger charge is -2.38. The SMILES string of the molecule is CN=C(NCc1csc(N(C)C)n1)NCC1(c2ccc(OC)c(OC)c2)CCCCC1.I. The highest BCUT2D eigenvalue weighted by atomic mass is 127. The molecule has 1 aromatic carbocycles. The average Bonchev–Trinajstić information content (AvgIpc) is 3.29. The number of halogens is 1. The number of benzene rings is 1. The van der Waals surface area contributed by atoms with Crippen molar-refractivity contribution in [2.75, 3.05) is 46.8 Å². The number of guanidine groups is 1. The molecule has 0 spiro atoms. The van der Waals surface area contributed by atoms with Crippen molar-refractivity contribution in [3.63, 3.8) is 0 Å². The smallest absolute Gasteiger partial charge is 0.191 e. The third kappa shape index (κ3) is 6.40. The van der Waals surface area contributed by atoms with E-state index in [-0.39, 0.29) is 29.4 Å². The average molecular weight is 574 g/mol. The van der Waals surface area contributed by atoms with Crippen LogP contribution in [0.1, 0.15) is 43.4 Å². The molecule has 0 saturated heterocycles. The van der Waals surface area contributed by atoms with E-state index in [0.717, 1.165) is 47.7 Å². The van der Waals surface area contributed by atoms with E-state index < -0.39 is 0 Å². The van der Waals surface area contributed by atoms with Gasteiger partial charge in [-0.05, 0) is 30.5 Å². The van der Waals surface area contributed by atoms with Gasteiger partial charge in [-0.2, -0.15) is 0 Å². The Morgan fingerprint density at radius 3 is 2.44 bits per heavy atom. The fourth-order valence-electron chi connectivity index (χ4n) is 4.19. The molecule has 3 rings (SSSR count). The van der Waals surface area contributed by atoms with Gasteiger partial charge < -0.3 is 25.0 Å². The zero-order valence-corrected chi connectivity index (χ0v) is 22.9. The Kier molecular flexibility index (Phi) is 10.3. The van der Waals surface area contributed by atoms with Gasteiger partial charge in [-0.25, -0.2) is 4.98 Å². The molecule has 0 atom stereocenters. The highest BCUT2D eigenvalue weighted by Gasteiger charge is 2.34. The molecule has 0 bridgehead atoms. The normalized spacial score (nSPS) is 15.5. The fourth-order valence-corrected chi connectivity index (χ4v) is 4.95. The minimum atomic E-state index is 0. The van der Waals surface area contributed by atoms with Gasteiger partial charge in [0.15, 0.2) is 22.6 Å². The first-order valence-electron chi connectivity index (χ1n) is 10.8. The Bertz CT molecular complexity index is 881. The van der Waals surface area contributed by atoms with Crippen molar-refractivity contribution in [3.05, 3.63) is 34.8 Å². The maximum atomic E-state index is 5.57. The van der Waals surface area contributed by atoms with Crippen LogP contribution in [0.15, 0.2) is 28.6 Å². The summed E-state index contributed by atoms with van der Waals surface area (Å²) in [5.41, 5.74) is 2.36. The van der Waals surface area contributed by atoms with Gasteiger partial charge in [-0.1, -0.05) is 25.3 Å². The van der Waals surface area contributed by atoms with Gasteiger partial charge in [-0.15, -0.1) is 35.3 Å². The van der Waals surface area contributed by atoms with E-state index in [0.29, 0.717) is 6.54 Å². The predicted octanol–water partition coefficient (Wildman–Crippen LogP) is 4.41. The first-order chi connectivity index (χ1) is 15.0. The van der Waals surface area contributed by atoms with Gasteiger partial charge >= 0.3 is 0 Å². The van der Waals surface area contributed by atoms with Crippen molar-refractivity contribution in [1.29, 1.82) is 0 Å². The maximum absolute atomic E-state index is 5.57. The Morgan fingerprint density at radius 2 is 1.84 bits per heavy atom. The lowest BCUT2D eigenvalue weighted by molar-refractivity contribution is 0.288. The molecule has 178 valence electrons. The number of hydrogen-bond donors (Lipinski definition) is 2. The monoisotopic (exact) mass is 573 g/mol. The van der Waals surface area contributed by atoms with E-state index >= 15 is 0 Å². The van der Waals surface area contributed by atoms with Crippen LogP contribution < -0.4 is 25.0 Å². The maximum Gasteiger partial charge on any atom is 0.191 e. The number of thiazole rings is 1. The number of nitrogens with zero attached hydrogens (tertiary/aromatic N) is 3. The highest BCUT2D eigenvalue weighted by molar-refractivity contribution is 14.0. The summed E-state index contributed by atoms with van der Waals surface area (Å²) < 4.78 is 11.0. The summed E-state index contributed by atoms with van der Waals surface area (Å²) in [5, 5.41) is 10.1. The Morgan fingerprint density at radius 1 is 1.12 bits per heavy atom. The number of ether oxygens (including phenoxy) is 2. The molecule has 0 unspecified atom stereocenters. The summed E-state index contributed by atoms with van der Waals surface area (Å²) in [6.07, 6.45) is 6.04. The van der Waals surface area contributed by atoms with Crippen LogP contribution in [0, 0.1) is 0 Å². The second kappa shape index (κ2) is 12.5. The number of aliphatic imine (C=N–C) groups is 1. The predicted molar refractivity (Wildman–Crippen MR) is 144 cm³/mol. The Labute approximate surface area is 213 Å². The molecular formula is C23H36IN5O2S. The summed E-state index contributed by atoms with van der Waals surface area (Å²) in [6.45, 7) is 1.47. The van der Waals surface area contributed by atoms with Gasteiger partial charge in [0, 0.05) is 38.5 Å². The van der Waals surface area contributed by atoms with E-state index in [4.69, 9.17) is 9.47 Å². The van der Waals surface area contributed by atoms with Crippen molar-refractivity contribution >= 4 is 46.4 Å². The molecule has 2 N–H and O–H groups in total. The minimum Gasteiger partial charge on any atom is -0.493 e. The van der Waals surface area contributed by atoms with Crippen molar-refractivity contribution in [3.8, 4) is 11.5 Å². The van der Waals surface area contributed by atoms with Crippen LogP contribution in [-0.2, 0) is 12.0 Å². The molecule has 32 heavy (non-hydrogen) atoms. The molecule has 7 nitrogen and oxygen atoms in total. The molecule has 1 aliphatic carbocycles. The third-order valence-electron chi connectivity index (χ3n) is 5.98. The first kappa shape index (κ1) is 26.5. The van der Waals surface area contributed by atoms with Crippen molar-refractivity contribution in [2.24, 2.45) is 4.99 Å². The second-order valence-corrected chi connectivity index (χ2v) is 9.04. The van der Waals surface area contributed by atoms with Crippen LogP contribution in [-0.4, -0.2) is 52.9 Å². The number of anilines is 1. The Balaban J connectivity index is 0.00000363. The van der Waals surface area contributed by atoms with Crippen molar-refractivity contribution in [1.82, 2.24) is 15.6 Å². The molecule has 9 heteroatoms. The molecule has 0 radical (unpaired) electrons. The second-order valence-electron chi connectivity index (χ2n) is 8.21. The zero-order chi connectivity index (χ0) is 22.3. The van der Waals surface area contributed by atoms with E-state index in [2.05, 4.69) is 38.1 Å². The van der Waals surface area contributed by atoms with E-state index in [1.807, 2.05) is 32.1 Å².